The first kappa shape index (κ1) is 14.9. The van der Waals surface area contributed by atoms with Crippen molar-refractivity contribution in [2.24, 2.45) is 0 Å². The molecular formula is C16H22O4. The average Bonchev–Trinajstić information content (AvgIpc) is 2.48. The van der Waals surface area contributed by atoms with E-state index in [9.17, 15) is 4.79 Å². The van der Waals surface area contributed by atoms with Gasteiger partial charge in [0.25, 0.3) is 0 Å². The van der Waals surface area contributed by atoms with Gasteiger partial charge in [-0.25, -0.2) is 4.79 Å². The van der Waals surface area contributed by atoms with E-state index in [1.807, 2.05) is 12.1 Å². The average molecular weight is 278 g/mol. The molecule has 110 valence electrons. The summed E-state index contributed by atoms with van der Waals surface area (Å²) in [7, 11) is 1.75. The summed E-state index contributed by atoms with van der Waals surface area (Å²) in [6.45, 7) is 2.18. The minimum atomic E-state index is -0.295. The highest BCUT2D eigenvalue weighted by Crippen LogP contribution is 2.25. The van der Waals surface area contributed by atoms with Crippen molar-refractivity contribution in [3.63, 3.8) is 0 Å². The van der Waals surface area contributed by atoms with Gasteiger partial charge in [-0.2, -0.15) is 0 Å². The van der Waals surface area contributed by atoms with Crippen LogP contribution in [0, 0.1) is 0 Å². The Morgan fingerprint density at radius 2 is 1.90 bits per heavy atom. The fourth-order valence-corrected chi connectivity index (χ4v) is 2.50. The number of benzene rings is 1. The fourth-order valence-electron chi connectivity index (χ4n) is 2.50. The van der Waals surface area contributed by atoms with Crippen LogP contribution in [0.15, 0.2) is 24.3 Å². The molecule has 0 heterocycles. The number of esters is 1. The van der Waals surface area contributed by atoms with Crippen molar-refractivity contribution in [3.8, 4) is 5.75 Å². The Hall–Kier alpha value is -1.55. The molecule has 4 nitrogen and oxygen atoms in total. The van der Waals surface area contributed by atoms with Crippen molar-refractivity contribution in [1.82, 2.24) is 0 Å². The maximum absolute atomic E-state index is 11.5. The smallest absolute Gasteiger partial charge is 0.338 e. The van der Waals surface area contributed by atoms with Gasteiger partial charge >= 0.3 is 5.97 Å². The number of hydrogen-bond acceptors (Lipinski definition) is 4. The van der Waals surface area contributed by atoms with Gasteiger partial charge in [-0.15, -0.1) is 0 Å². The SMILES string of the molecule is CCOC(=O)c1ccc(OC2CCCC(OC)C2)cc1. The summed E-state index contributed by atoms with van der Waals surface area (Å²) in [4.78, 5) is 11.5. The zero-order valence-corrected chi connectivity index (χ0v) is 12.1. The lowest BCUT2D eigenvalue weighted by Gasteiger charge is -2.28. The standard InChI is InChI=1S/C16H22O4/c1-3-19-16(17)12-7-9-13(10-8-12)20-15-6-4-5-14(11-15)18-2/h7-10,14-15H,3-6,11H2,1-2H3. The zero-order chi connectivity index (χ0) is 14.4. The van der Waals surface area contributed by atoms with Crippen LogP contribution < -0.4 is 4.74 Å². The molecule has 1 aliphatic carbocycles. The Labute approximate surface area is 120 Å². The van der Waals surface area contributed by atoms with Gasteiger partial charge in [0.1, 0.15) is 11.9 Å². The van der Waals surface area contributed by atoms with E-state index < -0.39 is 0 Å². The van der Waals surface area contributed by atoms with Gasteiger partial charge in [-0.05, 0) is 50.5 Å². The summed E-state index contributed by atoms with van der Waals surface area (Å²) in [6, 6.07) is 7.12. The third-order valence-corrected chi connectivity index (χ3v) is 3.58. The van der Waals surface area contributed by atoms with Crippen LogP contribution in [-0.2, 0) is 9.47 Å². The summed E-state index contributed by atoms with van der Waals surface area (Å²) in [5.74, 6) is 0.496. The molecular weight excluding hydrogens is 256 g/mol. The number of carbonyl (C=O) groups excluding carboxylic acids is 1. The molecule has 0 radical (unpaired) electrons. The molecule has 1 aliphatic rings. The monoisotopic (exact) mass is 278 g/mol. The molecule has 1 aromatic rings. The van der Waals surface area contributed by atoms with Crippen LogP contribution in [0.3, 0.4) is 0 Å². The lowest BCUT2D eigenvalue weighted by molar-refractivity contribution is 0.0210. The van der Waals surface area contributed by atoms with Gasteiger partial charge in [-0.1, -0.05) is 0 Å². The van der Waals surface area contributed by atoms with E-state index in [0.29, 0.717) is 18.3 Å². The van der Waals surface area contributed by atoms with Gasteiger partial charge in [-0.3, -0.25) is 0 Å². The highest BCUT2D eigenvalue weighted by molar-refractivity contribution is 5.89. The van der Waals surface area contributed by atoms with Crippen molar-refractivity contribution >= 4 is 5.97 Å². The molecule has 2 unspecified atom stereocenters. The molecule has 2 rings (SSSR count). The van der Waals surface area contributed by atoms with Crippen LogP contribution >= 0.6 is 0 Å². The van der Waals surface area contributed by atoms with E-state index in [4.69, 9.17) is 14.2 Å². The largest absolute Gasteiger partial charge is 0.490 e. The van der Waals surface area contributed by atoms with Crippen molar-refractivity contribution in [3.05, 3.63) is 29.8 Å². The van der Waals surface area contributed by atoms with Gasteiger partial charge in [0, 0.05) is 13.5 Å². The number of rotatable bonds is 5. The first-order valence-electron chi connectivity index (χ1n) is 7.19. The van der Waals surface area contributed by atoms with Gasteiger partial charge < -0.3 is 14.2 Å². The number of carbonyl (C=O) groups is 1. The summed E-state index contributed by atoms with van der Waals surface area (Å²) < 4.78 is 16.3. The lowest BCUT2D eigenvalue weighted by Crippen LogP contribution is -2.29. The molecule has 1 fully saturated rings. The van der Waals surface area contributed by atoms with Crippen LogP contribution in [0.5, 0.6) is 5.75 Å². The maximum Gasteiger partial charge on any atom is 0.338 e. The summed E-state index contributed by atoms with van der Waals surface area (Å²) >= 11 is 0. The van der Waals surface area contributed by atoms with Crippen LogP contribution in [0.4, 0.5) is 0 Å². The van der Waals surface area contributed by atoms with Gasteiger partial charge in [0.2, 0.25) is 0 Å². The van der Waals surface area contributed by atoms with Gasteiger partial charge in [0.15, 0.2) is 0 Å². The first-order valence-corrected chi connectivity index (χ1v) is 7.19. The fraction of sp³-hybridized carbons (Fsp3) is 0.562. The summed E-state index contributed by atoms with van der Waals surface area (Å²) in [5, 5.41) is 0. The summed E-state index contributed by atoms with van der Waals surface area (Å²) in [6.07, 6.45) is 4.72. The highest BCUT2D eigenvalue weighted by Gasteiger charge is 2.23. The predicted octanol–water partition coefficient (Wildman–Crippen LogP) is 3.20. The van der Waals surface area contributed by atoms with Crippen LogP contribution in [0.2, 0.25) is 0 Å². The molecule has 0 N–H and O–H groups in total. The molecule has 2 atom stereocenters. The van der Waals surface area contributed by atoms with Crippen LogP contribution in [0.25, 0.3) is 0 Å². The Morgan fingerprint density at radius 3 is 2.55 bits per heavy atom. The number of methoxy groups -OCH3 is 1. The minimum Gasteiger partial charge on any atom is -0.490 e. The van der Waals surface area contributed by atoms with Crippen molar-refractivity contribution in [2.75, 3.05) is 13.7 Å². The Bertz CT molecular complexity index is 427. The highest BCUT2D eigenvalue weighted by atomic mass is 16.5. The van der Waals surface area contributed by atoms with E-state index in [2.05, 4.69) is 0 Å². The third kappa shape index (κ3) is 3.97. The van der Waals surface area contributed by atoms with E-state index in [-0.39, 0.29) is 12.1 Å². The molecule has 0 saturated heterocycles. The second kappa shape index (κ2) is 7.29. The normalized spacial score (nSPS) is 22.3. The second-order valence-corrected chi connectivity index (χ2v) is 5.01. The molecule has 20 heavy (non-hydrogen) atoms. The molecule has 0 aromatic heterocycles. The Balaban J connectivity index is 1.91. The maximum atomic E-state index is 11.5. The second-order valence-electron chi connectivity index (χ2n) is 5.01. The van der Waals surface area contributed by atoms with Crippen molar-refractivity contribution < 1.29 is 19.0 Å². The number of ether oxygens (including phenoxy) is 3. The lowest BCUT2D eigenvalue weighted by atomic mass is 9.95. The molecule has 0 bridgehead atoms. The number of hydrogen-bond donors (Lipinski definition) is 0. The third-order valence-electron chi connectivity index (χ3n) is 3.58. The Kier molecular flexibility index (Phi) is 5.41. The molecule has 0 amide bonds. The molecule has 1 aromatic carbocycles. The van der Waals surface area contributed by atoms with E-state index in [1.54, 1.807) is 26.2 Å². The van der Waals surface area contributed by atoms with Crippen molar-refractivity contribution in [2.45, 2.75) is 44.8 Å². The topological polar surface area (TPSA) is 44.8 Å². The molecule has 0 aliphatic heterocycles. The zero-order valence-electron chi connectivity index (χ0n) is 12.1. The van der Waals surface area contributed by atoms with Crippen molar-refractivity contribution in [1.29, 1.82) is 0 Å². The minimum absolute atomic E-state index is 0.196. The first-order chi connectivity index (χ1) is 9.72. The summed E-state index contributed by atoms with van der Waals surface area (Å²) in [5.41, 5.74) is 0.553. The quantitative estimate of drug-likeness (QED) is 0.776. The van der Waals surface area contributed by atoms with Gasteiger partial charge in [0.05, 0.1) is 18.3 Å². The van der Waals surface area contributed by atoms with E-state index >= 15 is 0 Å². The molecule has 0 spiro atoms. The Morgan fingerprint density at radius 1 is 1.20 bits per heavy atom. The predicted molar refractivity (Wildman–Crippen MR) is 76.1 cm³/mol. The molecule has 1 saturated carbocycles. The molecule has 4 heteroatoms. The van der Waals surface area contributed by atoms with Crippen LogP contribution in [-0.4, -0.2) is 31.9 Å². The van der Waals surface area contributed by atoms with Crippen LogP contribution in [0.1, 0.15) is 43.0 Å². The van der Waals surface area contributed by atoms with E-state index in [1.165, 1.54) is 0 Å². The van der Waals surface area contributed by atoms with E-state index in [0.717, 1.165) is 31.4 Å².